The number of carbonyl (C=O) groups is 3. The van der Waals surface area contributed by atoms with Crippen LogP contribution in [0, 0.1) is 5.92 Å². The van der Waals surface area contributed by atoms with Gasteiger partial charge in [0.25, 0.3) is 11.8 Å². The Morgan fingerprint density at radius 1 is 0.759 bits per heavy atom. The molecule has 1 unspecified atom stereocenters. The van der Waals surface area contributed by atoms with Gasteiger partial charge < -0.3 is 40.7 Å². The normalized spacial score (nSPS) is 18.8. The lowest BCUT2D eigenvalue weighted by atomic mass is 9.73. The van der Waals surface area contributed by atoms with Crippen LogP contribution in [0.1, 0.15) is 81.2 Å². The van der Waals surface area contributed by atoms with Crippen molar-refractivity contribution in [1.82, 2.24) is 25.4 Å². The van der Waals surface area contributed by atoms with Crippen molar-refractivity contribution in [2.75, 3.05) is 39.3 Å². The fourth-order valence-corrected chi connectivity index (χ4v) is 8.36. The summed E-state index contributed by atoms with van der Waals surface area (Å²) in [4.78, 5) is 56.8. The minimum Gasteiger partial charge on any atom is -0.506 e. The van der Waals surface area contributed by atoms with Crippen LogP contribution < -0.4 is 16.2 Å². The van der Waals surface area contributed by atoms with Gasteiger partial charge in [0.05, 0.1) is 17.0 Å². The average molecular weight is 786 g/mol. The number of carboxylic acids is 1. The van der Waals surface area contributed by atoms with E-state index in [0.717, 1.165) is 22.6 Å². The van der Waals surface area contributed by atoms with Crippen molar-refractivity contribution in [2.24, 2.45) is 5.92 Å². The lowest BCUT2D eigenvalue weighted by Crippen LogP contribution is -2.49. The molecule has 302 valence electrons. The van der Waals surface area contributed by atoms with E-state index in [1.807, 2.05) is 54.6 Å². The highest BCUT2D eigenvalue weighted by molar-refractivity contribution is 5.98. The van der Waals surface area contributed by atoms with Crippen molar-refractivity contribution in [3.8, 4) is 5.75 Å². The van der Waals surface area contributed by atoms with Gasteiger partial charge in [-0.15, -0.1) is 0 Å². The van der Waals surface area contributed by atoms with E-state index in [4.69, 9.17) is 0 Å². The molecule has 4 aliphatic rings. The molecule has 5 heterocycles. The minimum atomic E-state index is -1.02. The molecule has 12 nitrogen and oxygen atoms in total. The first-order valence-corrected chi connectivity index (χ1v) is 20.1. The molecular weight excluding hydrogens is 735 g/mol. The lowest BCUT2D eigenvalue weighted by Gasteiger charge is -2.39. The number of rotatable bonds is 11. The maximum Gasteiger partial charge on any atom is 0.314 e. The third-order valence-electron chi connectivity index (χ3n) is 12.0. The lowest BCUT2D eigenvalue weighted by molar-refractivity contribution is -0.145. The molecule has 9 rings (SSSR count). The zero-order valence-electron chi connectivity index (χ0n) is 32.5. The Bertz CT molecular complexity index is 2240. The van der Waals surface area contributed by atoms with E-state index in [2.05, 4.69) is 20.5 Å². The minimum absolute atomic E-state index is 0.0620. The number of aliphatic hydroxyl groups excluding tert-OH is 1. The maximum absolute atomic E-state index is 13.2. The van der Waals surface area contributed by atoms with Crippen molar-refractivity contribution < 1.29 is 29.7 Å². The monoisotopic (exact) mass is 785 g/mol. The number of amides is 2. The molecule has 4 fully saturated rings. The van der Waals surface area contributed by atoms with Gasteiger partial charge in [0.2, 0.25) is 5.56 Å². The number of hydrogen-bond donors (Lipinski definition) is 6. The molecule has 2 bridgehead atoms. The Morgan fingerprint density at radius 3 is 1.97 bits per heavy atom. The first-order valence-electron chi connectivity index (χ1n) is 20.1. The SMILES string of the molecule is C1CN2CCC1CC2.O=C(NCc1ccc(CNCC(O)c2ccc(O)c3[nH]c(=O)ccc23)cc1)c1ccc(C(=O)N2CCC(C(=O)O)(c3ccccc3)CC2)cc1. The number of benzene rings is 4. The molecular formula is C46H51N5O7. The van der Waals surface area contributed by atoms with Crippen LogP contribution >= 0.6 is 0 Å². The number of pyridine rings is 1. The summed E-state index contributed by atoms with van der Waals surface area (Å²) in [6.45, 7) is 5.87. The van der Waals surface area contributed by atoms with E-state index in [1.165, 1.54) is 51.0 Å². The number of likely N-dealkylation sites (tertiary alicyclic amines) is 1. The van der Waals surface area contributed by atoms with Gasteiger partial charge in [0.15, 0.2) is 0 Å². The van der Waals surface area contributed by atoms with E-state index in [0.29, 0.717) is 61.1 Å². The smallest absolute Gasteiger partial charge is 0.314 e. The average Bonchev–Trinajstić information content (AvgIpc) is 3.27. The Morgan fingerprint density at radius 2 is 1.38 bits per heavy atom. The summed E-state index contributed by atoms with van der Waals surface area (Å²) in [6.07, 6.45) is 4.24. The molecule has 4 aliphatic heterocycles. The number of carboxylic acid groups (broad SMARTS) is 1. The van der Waals surface area contributed by atoms with Gasteiger partial charge in [-0.1, -0.05) is 60.7 Å². The molecule has 58 heavy (non-hydrogen) atoms. The predicted octanol–water partition coefficient (Wildman–Crippen LogP) is 5.35. The molecule has 0 saturated carbocycles. The number of fused-ring (bicyclic) bond motifs is 4. The number of H-pyrrole nitrogens is 1. The molecule has 12 heteroatoms. The topological polar surface area (TPSA) is 175 Å². The molecule has 6 N–H and O–H groups in total. The van der Waals surface area contributed by atoms with Gasteiger partial charge in [0.1, 0.15) is 5.75 Å². The van der Waals surface area contributed by atoms with Crippen LogP contribution in [0.15, 0.2) is 108 Å². The zero-order valence-corrected chi connectivity index (χ0v) is 32.5. The molecule has 4 aromatic carbocycles. The number of aromatic hydroxyl groups is 1. The highest BCUT2D eigenvalue weighted by Crippen LogP contribution is 2.36. The van der Waals surface area contributed by atoms with E-state index >= 15 is 0 Å². The Labute approximate surface area is 337 Å². The third kappa shape index (κ3) is 9.31. The molecule has 2 amide bonds. The quantitative estimate of drug-likeness (QED) is 0.103. The summed E-state index contributed by atoms with van der Waals surface area (Å²) in [5.74, 6) is -0.303. The third-order valence-corrected chi connectivity index (χ3v) is 12.0. The summed E-state index contributed by atoms with van der Waals surface area (Å²) in [6, 6.07) is 29.3. The van der Waals surface area contributed by atoms with Crippen LogP contribution in [0.4, 0.5) is 0 Å². The second-order valence-corrected chi connectivity index (χ2v) is 15.6. The van der Waals surface area contributed by atoms with Crippen molar-refractivity contribution in [2.45, 2.75) is 56.7 Å². The maximum atomic E-state index is 13.2. The number of aliphatic hydroxyl groups is 1. The van der Waals surface area contributed by atoms with Gasteiger partial charge in [0, 0.05) is 55.3 Å². The van der Waals surface area contributed by atoms with Crippen molar-refractivity contribution in [3.63, 3.8) is 0 Å². The molecule has 0 radical (unpaired) electrons. The standard InChI is InChI=1S/C39H38N4O7.C7H13N/c44-32-16-14-30(31-15-17-34(46)42-35(31)32)33(45)24-40-22-25-6-8-26(9-7-25)23-41-36(47)27-10-12-28(13-11-27)37(48)43-20-18-39(19-21-43,38(49)50)29-4-2-1-3-5-29;1-4-8-5-2-7(1)3-6-8/h1-17,33,40,44-45H,18-24H2,(H,41,47)(H,42,46)(H,49,50);7H,1-6H2. The first-order chi connectivity index (χ1) is 28.1. The van der Waals surface area contributed by atoms with Crippen LogP contribution in [0.5, 0.6) is 5.75 Å². The van der Waals surface area contributed by atoms with Crippen LogP contribution in [-0.4, -0.2) is 87.2 Å². The van der Waals surface area contributed by atoms with Gasteiger partial charge in [-0.2, -0.15) is 0 Å². The van der Waals surface area contributed by atoms with Crippen molar-refractivity contribution in [3.05, 3.63) is 147 Å². The summed E-state index contributed by atoms with van der Waals surface area (Å²) >= 11 is 0. The first kappa shape index (κ1) is 40.4. The Hall–Kier alpha value is -5.82. The largest absolute Gasteiger partial charge is 0.506 e. The molecule has 5 aromatic rings. The second-order valence-electron chi connectivity index (χ2n) is 15.6. The number of phenols is 1. The van der Waals surface area contributed by atoms with E-state index in [1.54, 1.807) is 41.3 Å². The number of nitrogens with one attached hydrogen (secondary N) is 3. The number of aliphatic carboxylic acids is 1. The van der Waals surface area contributed by atoms with Crippen LogP contribution in [0.25, 0.3) is 10.9 Å². The van der Waals surface area contributed by atoms with Crippen LogP contribution in [-0.2, 0) is 23.3 Å². The fourth-order valence-electron chi connectivity index (χ4n) is 8.36. The van der Waals surface area contributed by atoms with Gasteiger partial charge >= 0.3 is 5.97 Å². The molecule has 4 saturated heterocycles. The highest BCUT2D eigenvalue weighted by Gasteiger charge is 2.44. The molecule has 0 aliphatic carbocycles. The van der Waals surface area contributed by atoms with Gasteiger partial charge in [-0.25, -0.2) is 0 Å². The number of nitrogens with zero attached hydrogens (tertiary/aromatic N) is 2. The van der Waals surface area contributed by atoms with E-state index < -0.39 is 17.5 Å². The van der Waals surface area contributed by atoms with Gasteiger partial charge in [-0.05, 0) is 116 Å². The van der Waals surface area contributed by atoms with Crippen molar-refractivity contribution >= 4 is 28.7 Å². The van der Waals surface area contributed by atoms with Crippen LogP contribution in [0.3, 0.4) is 0 Å². The summed E-state index contributed by atoms with van der Waals surface area (Å²) in [5, 5.41) is 37.6. The van der Waals surface area contributed by atoms with E-state index in [-0.39, 0.29) is 35.2 Å². The van der Waals surface area contributed by atoms with Crippen LogP contribution in [0.2, 0.25) is 0 Å². The summed E-state index contributed by atoms with van der Waals surface area (Å²) in [7, 11) is 0. The highest BCUT2D eigenvalue weighted by atomic mass is 16.4. The molecule has 1 atom stereocenters. The number of aromatic nitrogens is 1. The number of phenolic OH excluding ortho intramolecular Hbond substituents is 1. The number of hydrogen-bond acceptors (Lipinski definition) is 8. The van der Waals surface area contributed by atoms with E-state index in [9.17, 15) is 34.5 Å². The predicted molar refractivity (Wildman–Crippen MR) is 222 cm³/mol. The number of aromatic amines is 1. The van der Waals surface area contributed by atoms with Crippen molar-refractivity contribution in [1.29, 1.82) is 0 Å². The number of carbonyl (C=O) groups excluding carboxylic acids is 2. The summed E-state index contributed by atoms with van der Waals surface area (Å²) in [5.41, 5.74) is 3.00. The summed E-state index contributed by atoms with van der Waals surface area (Å²) < 4.78 is 0. The Balaban J connectivity index is 0.000000564. The second kappa shape index (κ2) is 18.2. The molecule has 1 aromatic heterocycles. The Kier molecular flexibility index (Phi) is 12.7. The fraction of sp³-hybridized carbons (Fsp3) is 0.348. The van der Waals surface area contributed by atoms with Gasteiger partial charge in [-0.3, -0.25) is 19.2 Å². The molecule has 0 spiro atoms. The number of piperidine rings is 4. The zero-order chi connectivity index (χ0) is 40.6.